The molecule has 0 bridgehead atoms. The van der Waals surface area contributed by atoms with Crippen molar-refractivity contribution in [2.75, 3.05) is 13.1 Å². The van der Waals surface area contributed by atoms with Crippen LogP contribution in [0, 0.1) is 10.8 Å². The first kappa shape index (κ1) is 13.1. The second kappa shape index (κ2) is 4.74. The van der Waals surface area contributed by atoms with Crippen LogP contribution < -0.4 is 0 Å². The summed E-state index contributed by atoms with van der Waals surface area (Å²) in [7, 11) is 0. The molecule has 1 fully saturated rings. The Morgan fingerprint density at radius 1 is 1.29 bits per heavy atom. The topological polar surface area (TPSA) is 3.24 Å². The van der Waals surface area contributed by atoms with Crippen molar-refractivity contribution in [2.24, 2.45) is 10.8 Å². The number of hydrogen-bond acceptors (Lipinski definition) is 2. The molecular weight excluding hydrogens is 226 g/mol. The molecular formula is C15H25NS. The number of piperidine rings is 1. The van der Waals surface area contributed by atoms with Gasteiger partial charge in [-0.15, -0.1) is 11.3 Å². The summed E-state index contributed by atoms with van der Waals surface area (Å²) in [5.41, 5.74) is 0.945. The van der Waals surface area contributed by atoms with Gasteiger partial charge in [-0.3, -0.25) is 4.90 Å². The number of likely N-dealkylation sites (tertiary alicyclic amines) is 1. The highest BCUT2D eigenvalue weighted by Crippen LogP contribution is 2.46. The van der Waals surface area contributed by atoms with Crippen molar-refractivity contribution in [1.82, 2.24) is 4.90 Å². The molecule has 1 saturated heterocycles. The Labute approximate surface area is 110 Å². The van der Waals surface area contributed by atoms with Crippen molar-refractivity contribution in [3.63, 3.8) is 0 Å². The lowest BCUT2D eigenvalue weighted by atomic mass is 9.63. The van der Waals surface area contributed by atoms with Gasteiger partial charge in [0.1, 0.15) is 0 Å². The second-order valence-corrected chi connectivity index (χ2v) is 7.70. The van der Waals surface area contributed by atoms with Crippen LogP contribution >= 0.6 is 11.3 Å². The second-order valence-electron chi connectivity index (χ2n) is 6.67. The summed E-state index contributed by atoms with van der Waals surface area (Å²) in [6.45, 7) is 13.3. The van der Waals surface area contributed by atoms with Gasteiger partial charge in [-0.25, -0.2) is 0 Å². The average Bonchev–Trinajstić information content (AvgIpc) is 2.73. The molecule has 17 heavy (non-hydrogen) atoms. The molecule has 2 heteroatoms. The van der Waals surface area contributed by atoms with Gasteiger partial charge in [0.05, 0.1) is 0 Å². The Bertz CT molecular complexity index is 339. The number of nitrogens with zero attached hydrogens (tertiary/aromatic N) is 1. The maximum atomic E-state index is 2.61. The molecule has 0 aromatic carbocycles. The van der Waals surface area contributed by atoms with Gasteiger partial charge in [0.15, 0.2) is 0 Å². The minimum Gasteiger partial charge on any atom is -0.298 e. The molecule has 0 radical (unpaired) electrons. The molecule has 0 atom stereocenters. The lowest BCUT2D eigenvalue weighted by Crippen LogP contribution is -2.44. The van der Waals surface area contributed by atoms with Gasteiger partial charge in [0.25, 0.3) is 0 Å². The number of thiophene rings is 1. The maximum absolute atomic E-state index is 2.61. The molecule has 2 rings (SSSR count). The zero-order valence-corrected chi connectivity index (χ0v) is 12.4. The van der Waals surface area contributed by atoms with Crippen LogP contribution in [0.15, 0.2) is 17.5 Å². The van der Waals surface area contributed by atoms with E-state index in [0.717, 1.165) is 6.54 Å². The van der Waals surface area contributed by atoms with E-state index < -0.39 is 0 Å². The zero-order chi connectivity index (χ0) is 12.5. The molecule has 2 heterocycles. The first-order valence-corrected chi connectivity index (χ1v) is 7.53. The molecule has 1 aromatic heterocycles. The van der Waals surface area contributed by atoms with Gasteiger partial charge >= 0.3 is 0 Å². The van der Waals surface area contributed by atoms with Gasteiger partial charge < -0.3 is 0 Å². The van der Waals surface area contributed by atoms with Crippen LogP contribution in [0.1, 0.15) is 45.4 Å². The first-order chi connectivity index (χ1) is 7.91. The Morgan fingerprint density at radius 3 is 2.41 bits per heavy atom. The fraction of sp³-hybridized carbons (Fsp3) is 0.733. The molecule has 0 N–H and O–H groups in total. The van der Waals surface area contributed by atoms with E-state index in [1.54, 1.807) is 0 Å². The van der Waals surface area contributed by atoms with Crippen LogP contribution in [0.2, 0.25) is 0 Å². The Morgan fingerprint density at radius 2 is 1.94 bits per heavy atom. The summed E-state index contributed by atoms with van der Waals surface area (Å²) in [6, 6.07) is 4.41. The number of rotatable bonds is 2. The summed E-state index contributed by atoms with van der Waals surface area (Å²) in [4.78, 5) is 4.11. The zero-order valence-electron chi connectivity index (χ0n) is 11.6. The third-order valence-electron chi connectivity index (χ3n) is 4.73. The maximum Gasteiger partial charge on any atom is 0.0327 e. The fourth-order valence-corrected chi connectivity index (χ4v) is 3.32. The smallest absolute Gasteiger partial charge is 0.0327 e. The van der Waals surface area contributed by atoms with Crippen molar-refractivity contribution in [3.8, 4) is 0 Å². The molecule has 0 aliphatic carbocycles. The molecule has 0 amide bonds. The van der Waals surface area contributed by atoms with Crippen LogP contribution in [0.5, 0.6) is 0 Å². The van der Waals surface area contributed by atoms with E-state index >= 15 is 0 Å². The van der Waals surface area contributed by atoms with E-state index in [0.29, 0.717) is 10.8 Å². The molecule has 0 saturated carbocycles. The minimum absolute atomic E-state index is 0.433. The largest absolute Gasteiger partial charge is 0.298 e. The predicted octanol–water partition coefficient (Wildman–Crippen LogP) is 4.40. The van der Waals surface area contributed by atoms with E-state index in [-0.39, 0.29) is 0 Å². The monoisotopic (exact) mass is 251 g/mol. The summed E-state index contributed by atoms with van der Waals surface area (Å²) >= 11 is 1.88. The van der Waals surface area contributed by atoms with Crippen molar-refractivity contribution in [2.45, 2.75) is 47.1 Å². The normalized spacial score (nSPS) is 21.6. The molecule has 1 nitrogen and oxygen atoms in total. The highest BCUT2D eigenvalue weighted by Gasteiger charge is 2.39. The van der Waals surface area contributed by atoms with E-state index in [1.165, 1.54) is 30.8 Å². The standard InChI is InChI=1S/C15H25NS/c1-14(2,3)15(4)7-9-16(10-8-15)12-13-6-5-11-17-13/h5-6,11H,7-10,12H2,1-4H3. The van der Waals surface area contributed by atoms with Crippen LogP contribution in [0.4, 0.5) is 0 Å². The summed E-state index contributed by atoms with van der Waals surface area (Å²) in [5.74, 6) is 0. The molecule has 0 spiro atoms. The third-order valence-corrected chi connectivity index (χ3v) is 5.59. The van der Waals surface area contributed by atoms with Gasteiger partial charge in [0.2, 0.25) is 0 Å². The Kier molecular flexibility index (Phi) is 3.65. The van der Waals surface area contributed by atoms with E-state index in [2.05, 4.69) is 50.1 Å². The highest BCUT2D eigenvalue weighted by molar-refractivity contribution is 7.09. The summed E-state index contributed by atoms with van der Waals surface area (Å²) < 4.78 is 0. The van der Waals surface area contributed by atoms with E-state index in [1.807, 2.05) is 11.3 Å². The average molecular weight is 251 g/mol. The van der Waals surface area contributed by atoms with Gasteiger partial charge in [0, 0.05) is 11.4 Å². The van der Waals surface area contributed by atoms with Crippen molar-refractivity contribution < 1.29 is 0 Å². The Hall–Kier alpha value is -0.340. The molecule has 1 aliphatic heterocycles. The lowest BCUT2D eigenvalue weighted by Gasteiger charge is -2.47. The number of hydrogen-bond donors (Lipinski definition) is 0. The predicted molar refractivity (Wildman–Crippen MR) is 76.4 cm³/mol. The highest BCUT2D eigenvalue weighted by atomic mass is 32.1. The van der Waals surface area contributed by atoms with Gasteiger partial charge in [-0.1, -0.05) is 33.8 Å². The van der Waals surface area contributed by atoms with Gasteiger partial charge in [-0.05, 0) is 48.2 Å². The lowest BCUT2D eigenvalue weighted by molar-refractivity contribution is 0.0201. The van der Waals surface area contributed by atoms with Gasteiger partial charge in [-0.2, -0.15) is 0 Å². The molecule has 96 valence electrons. The molecule has 1 aliphatic rings. The SMILES string of the molecule is CC(C)(C)C1(C)CCN(Cc2cccs2)CC1. The van der Waals surface area contributed by atoms with E-state index in [4.69, 9.17) is 0 Å². The van der Waals surface area contributed by atoms with Crippen LogP contribution in [0.25, 0.3) is 0 Å². The van der Waals surface area contributed by atoms with Crippen molar-refractivity contribution >= 4 is 11.3 Å². The minimum atomic E-state index is 0.433. The summed E-state index contributed by atoms with van der Waals surface area (Å²) in [5, 5.41) is 2.18. The first-order valence-electron chi connectivity index (χ1n) is 6.65. The fourth-order valence-electron chi connectivity index (χ4n) is 2.58. The van der Waals surface area contributed by atoms with Crippen LogP contribution in [-0.2, 0) is 6.54 Å². The summed E-state index contributed by atoms with van der Waals surface area (Å²) in [6.07, 6.45) is 2.67. The Balaban J connectivity index is 1.90. The third kappa shape index (κ3) is 2.92. The van der Waals surface area contributed by atoms with Crippen LogP contribution in [-0.4, -0.2) is 18.0 Å². The molecule has 1 aromatic rings. The van der Waals surface area contributed by atoms with E-state index in [9.17, 15) is 0 Å². The van der Waals surface area contributed by atoms with Crippen molar-refractivity contribution in [1.29, 1.82) is 0 Å². The quantitative estimate of drug-likeness (QED) is 0.753. The van der Waals surface area contributed by atoms with Crippen LogP contribution in [0.3, 0.4) is 0 Å². The molecule has 0 unspecified atom stereocenters. The van der Waals surface area contributed by atoms with Crippen molar-refractivity contribution in [3.05, 3.63) is 22.4 Å².